The van der Waals surface area contributed by atoms with Crippen LogP contribution in [0, 0.1) is 0 Å². The van der Waals surface area contributed by atoms with Gasteiger partial charge in [0.2, 0.25) is 0 Å². The van der Waals surface area contributed by atoms with Crippen molar-refractivity contribution in [2.24, 2.45) is 0 Å². The van der Waals surface area contributed by atoms with Gasteiger partial charge >= 0.3 is 0 Å². The molecule has 1 heterocycles. The Bertz CT molecular complexity index is 680. The molecule has 1 aromatic carbocycles. The molecule has 6 heteroatoms. The van der Waals surface area contributed by atoms with Crippen molar-refractivity contribution < 1.29 is 14.3 Å². The van der Waals surface area contributed by atoms with E-state index in [-0.39, 0.29) is 11.9 Å². The number of carbonyl (C=O) groups excluding carboxylic acids is 1. The number of amides is 1. The second kappa shape index (κ2) is 6.87. The number of benzene rings is 1. The number of anilines is 1. The van der Waals surface area contributed by atoms with Gasteiger partial charge in [0.25, 0.3) is 5.91 Å². The topological polar surface area (TPSA) is 52.5 Å². The molecule has 1 amide bonds. The summed E-state index contributed by atoms with van der Waals surface area (Å²) in [6, 6.07) is 7.24. The molecular weight excluding hydrogens is 348 g/mol. The van der Waals surface area contributed by atoms with Crippen LogP contribution in [0.25, 0.3) is 0 Å². The van der Waals surface area contributed by atoms with Crippen LogP contribution in [0.3, 0.4) is 0 Å². The number of halogens is 1. The molecule has 5 nitrogen and oxygen atoms in total. The highest BCUT2D eigenvalue weighted by Gasteiger charge is 2.17. The van der Waals surface area contributed by atoms with Crippen molar-refractivity contribution in [2.75, 3.05) is 19.5 Å². The summed E-state index contributed by atoms with van der Waals surface area (Å²) in [6.07, 6.45) is 1.89. The maximum Gasteiger partial charge on any atom is 0.272 e. The lowest BCUT2D eigenvalue weighted by atomic mass is 10.2. The predicted molar refractivity (Wildman–Crippen MR) is 90.0 cm³/mol. The maximum atomic E-state index is 12.5. The standard InChI is InChI=1S/C16H19BrN2O3/c1-10(2)19-9-11(17)7-14(19)16(20)18-13-6-5-12(21-3)8-15(13)22-4/h5-10H,1-4H3,(H,18,20). The summed E-state index contributed by atoms with van der Waals surface area (Å²) >= 11 is 3.41. The van der Waals surface area contributed by atoms with Crippen molar-refractivity contribution in [1.82, 2.24) is 4.57 Å². The van der Waals surface area contributed by atoms with E-state index in [1.165, 1.54) is 0 Å². The highest BCUT2D eigenvalue weighted by atomic mass is 79.9. The fraction of sp³-hybridized carbons (Fsp3) is 0.312. The highest BCUT2D eigenvalue weighted by Crippen LogP contribution is 2.30. The van der Waals surface area contributed by atoms with Gasteiger partial charge in [0.05, 0.1) is 19.9 Å². The number of carbonyl (C=O) groups is 1. The Morgan fingerprint density at radius 2 is 1.95 bits per heavy atom. The van der Waals surface area contributed by atoms with Gasteiger partial charge < -0.3 is 19.4 Å². The Labute approximate surface area is 138 Å². The lowest BCUT2D eigenvalue weighted by Gasteiger charge is -2.14. The molecule has 0 atom stereocenters. The number of ether oxygens (including phenoxy) is 2. The van der Waals surface area contributed by atoms with Crippen molar-refractivity contribution in [3.05, 3.63) is 40.6 Å². The SMILES string of the molecule is COc1ccc(NC(=O)c2cc(Br)cn2C(C)C)c(OC)c1. The van der Waals surface area contributed by atoms with E-state index >= 15 is 0 Å². The number of rotatable bonds is 5. The van der Waals surface area contributed by atoms with Crippen LogP contribution in [0.15, 0.2) is 34.9 Å². The molecule has 1 N–H and O–H groups in total. The van der Waals surface area contributed by atoms with Crippen LogP contribution < -0.4 is 14.8 Å². The van der Waals surface area contributed by atoms with E-state index < -0.39 is 0 Å². The molecule has 118 valence electrons. The van der Waals surface area contributed by atoms with E-state index in [1.54, 1.807) is 38.5 Å². The lowest BCUT2D eigenvalue weighted by molar-refractivity contribution is 0.101. The molecule has 2 aromatic rings. The van der Waals surface area contributed by atoms with Crippen molar-refractivity contribution >= 4 is 27.5 Å². The highest BCUT2D eigenvalue weighted by molar-refractivity contribution is 9.10. The normalized spacial score (nSPS) is 10.6. The first-order chi connectivity index (χ1) is 10.5. The van der Waals surface area contributed by atoms with Crippen molar-refractivity contribution in [3.63, 3.8) is 0 Å². The number of nitrogens with zero attached hydrogens (tertiary/aromatic N) is 1. The zero-order valence-corrected chi connectivity index (χ0v) is 14.6. The number of methoxy groups -OCH3 is 2. The smallest absolute Gasteiger partial charge is 0.272 e. The van der Waals surface area contributed by atoms with E-state index in [9.17, 15) is 4.79 Å². The van der Waals surface area contributed by atoms with Crippen LogP contribution in [0.2, 0.25) is 0 Å². The van der Waals surface area contributed by atoms with Gasteiger partial charge in [-0.2, -0.15) is 0 Å². The van der Waals surface area contributed by atoms with Gasteiger partial charge in [-0.15, -0.1) is 0 Å². The number of nitrogens with one attached hydrogen (secondary N) is 1. The summed E-state index contributed by atoms with van der Waals surface area (Å²) in [4.78, 5) is 12.5. The summed E-state index contributed by atoms with van der Waals surface area (Å²) < 4.78 is 13.2. The Hall–Kier alpha value is -1.95. The first-order valence-electron chi connectivity index (χ1n) is 6.87. The molecule has 0 saturated heterocycles. The summed E-state index contributed by atoms with van der Waals surface area (Å²) in [5, 5.41) is 2.88. The zero-order chi connectivity index (χ0) is 16.3. The fourth-order valence-corrected chi connectivity index (χ4v) is 2.58. The van der Waals surface area contributed by atoms with Crippen LogP contribution in [0.1, 0.15) is 30.4 Å². The van der Waals surface area contributed by atoms with E-state index in [0.29, 0.717) is 22.9 Å². The summed E-state index contributed by atoms with van der Waals surface area (Å²) in [6.45, 7) is 4.05. The molecule has 0 aliphatic heterocycles. The van der Waals surface area contributed by atoms with E-state index in [1.807, 2.05) is 24.6 Å². The molecule has 0 bridgehead atoms. The van der Waals surface area contributed by atoms with Crippen LogP contribution in [-0.2, 0) is 0 Å². The molecular formula is C16H19BrN2O3. The predicted octanol–water partition coefficient (Wildman–Crippen LogP) is 4.10. The van der Waals surface area contributed by atoms with Gasteiger partial charge in [-0.3, -0.25) is 4.79 Å². The van der Waals surface area contributed by atoms with Crippen LogP contribution in [0.4, 0.5) is 5.69 Å². The van der Waals surface area contributed by atoms with Crippen LogP contribution in [-0.4, -0.2) is 24.7 Å². The van der Waals surface area contributed by atoms with Gasteiger partial charge in [0.15, 0.2) is 0 Å². The summed E-state index contributed by atoms with van der Waals surface area (Å²) in [5.41, 5.74) is 1.18. The Kier molecular flexibility index (Phi) is 5.13. The molecule has 0 fully saturated rings. The largest absolute Gasteiger partial charge is 0.497 e. The lowest BCUT2D eigenvalue weighted by Crippen LogP contribution is -2.18. The number of aromatic nitrogens is 1. The molecule has 0 aliphatic rings. The molecule has 0 unspecified atom stereocenters. The number of hydrogen-bond acceptors (Lipinski definition) is 3. The van der Waals surface area contributed by atoms with E-state index in [4.69, 9.17) is 9.47 Å². The minimum absolute atomic E-state index is 0.185. The quantitative estimate of drug-likeness (QED) is 0.866. The van der Waals surface area contributed by atoms with Gasteiger partial charge in [-0.25, -0.2) is 0 Å². The van der Waals surface area contributed by atoms with Crippen molar-refractivity contribution in [3.8, 4) is 11.5 Å². The van der Waals surface area contributed by atoms with Gasteiger partial charge in [-0.1, -0.05) is 0 Å². The fourth-order valence-electron chi connectivity index (χ4n) is 2.14. The zero-order valence-electron chi connectivity index (χ0n) is 13.0. The third kappa shape index (κ3) is 3.44. The second-order valence-corrected chi connectivity index (χ2v) is 5.98. The van der Waals surface area contributed by atoms with Gasteiger partial charge in [0, 0.05) is 22.8 Å². The Morgan fingerprint density at radius 3 is 2.55 bits per heavy atom. The van der Waals surface area contributed by atoms with Crippen LogP contribution in [0.5, 0.6) is 11.5 Å². The second-order valence-electron chi connectivity index (χ2n) is 5.06. The monoisotopic (exact) mass is 366 g/mol. The minimum atomic E-state index is -0.192. The Balaban J connectivity index is 2.29. The van der Waals surface area contributed by atoms with Crippen molar-refractivity contribution in [2.45, 2.75) is 19.9 Å². The molecule has 0 radical (unpaired) electrons. The van der Waals surface area contributed by atoms with Crippen molar-refractivity contribution in [1.29, 1.82) is 0 Å². The minimum Gasteiger partial charge on any atom is -0.497 e. The number of hydrogen-bond donors (Lipinski definition) is 1. The van der Waals surface area contributed by atoms with Crippen LogP contribution >= 0.6 is 15.9 Å². The van der Waals surface area contributed by atoms with Gasteiger partial charge in [-0.05, 0) is 48.0 Å². The molecule has 22 heavy (non-hydrogen) atoms. The van der Waals surface area contributed by atoms with E-state index in [0.717, 1.165) is 4.47 Å². The average Bonchev–Trinajstić information content (AvgIpc) is 2.90. The van der Waals surface area contributed by atoms with Gasteiger partial charge in [0.1, 0.15) is 17.2 Å². The maximum absolute atomic E-state index is 12.5. The average molecular weight is 367 g/mol. The molecule has 0 saturated carbocycles. The van der Waals surface area contributed by atoms with E-state index in [2.05, 4.69) is 21.2 Å². The third-order valence-electron chi connectivity index (χ3n) is 3.26. The molecule has 0 aliphatic carbocycles. The third-order valence-corrected chi connectivity index (χ3v) is 3.69. The first kappa shape index (κ1) is 16.4. The molecule has 0 spiro atoms. The Morgan fingerprint density at radius 1 is 1.23 bits per heavy atom. The molecule has 2 rings (SSSR count). The molecule has 1 aromatic heterocycles. The first-order valence-corrected chi connectivity index (χ1v) is 7.66. The summed E-state index contributed by atoms with van der Waals surface area (Å²) in [7, 11) is 3.14. The summed E-state index contributed by atoms with van der Waals surface area (Å²) in [5.74, 6) is 1.03.